The molecule has 2 aromatic rings. The minimum absolute atomic E-state index is 0.00103. The zero-order valence-electron chi connectivity index (χ0n) is 13.0. The SMILES string of the molecule is O=C(N1CCN(c2ccc(-c3ccc(Cl)cc3)nn2)CC1)C(F)(F)F. The number of alkyl halides is 3. The highest BCUT2D eigenvalue weighted by atomic mass is 35.5. The highest BCUT2D eigenvalue weighted by Gasteiger charge is 2.43. The van der Waals surface area contributed by atoms with E-state index in [0.29, 0.717) is 16.5 Å². The number of carbonyl (C=O) groups is 1. The first-order valence-corrected chi connectivity index (χ1v) is 7.93. The summed E-state index contributed by atoms with van der Waals surface area (Å²) in [4.78, 5) is 13.8. The van der Waals surface area contributed by atoms with E-state index in [2.05, 4.69) is 10.2 Å². The lowest BCUT2D eigenvalue weighted by Gasteiger charge is -2.35. The molecule has 1 aliphatic rings. The normalized spacial score (nSPS) is 15.4. The average molecular weight is 371 g/mol. The lowest BCUT2D eigenvalue weighted by atomic mass is 10.1. The van der Waals surface area contributed by atoms with Gasteiger partial charge in [0.15, 0.2) is 5.82 Å². The Morgan fingerprint density at radius 2 is 1.60 bits per heavy atom. The molecule has 0 radical (unpaired) electrons. The zero-order valence-corrected chi connectivity index (χ0v) is 13.8. The first-order valence-electron chi connectivity index (χ1n) is 7.55. The van der Waals surface area contributed by atoms with Gasteiger partial charge in [-0.05, 0) is 24.3 Å². The summed E-state index contributed by atoms with van der Waals surface area (Å²) in [7, 11) is 0. The fourth-order valence-electron chi connectivity index (χ4n) is 2.59. The van der Waals surface area contributed by atoms with Crippen molar-refractivity contribution in [1.82, 2.24) is 15.1 Å². The lowest BCUT2D eigenvalue weighted by molar-refractivity contribution is -0.185. The van der Waals surface area contributed by atoms with Gasteiger partial charge in [-0.2, -0.15) is 13.2 Å². The number of hydrogen-bond donors (Lipinski definition) is 0. The first-order chi connectivity index (χ1) is 11.8. The molecule has 1 aromatic heterocycles. The quantitative estimate of drug-likeness (QED) is 0.815. The van der Waals surface area contributed by atoms with Crippen LogP contribution in [0.1, 0.15) is 0 Å². The molecule has 0 aliphatic carbocycles. The van der Waals surface area contributed by atoms with Crippen molar-refractivity contribution in [2.75, 3.05) is 31.1 Å². The summed E-state index contributed by atoms with van der Waals surface area (Å²) in [6.45, 7) is 0.547. The summed E-state index contributed by atoms with van der Waals surface area (Å²) in [5.41, 5.74) is 1.54. The van der Waals surface area contributed by atoms with Gasteiger partial charge in [0.05, 0.1) is 5.69 Å². The number of halogens is 4. The van der Waals surface area contributed by atoms with E-state index in [4.69, 9.17) is 11.6 Å². The van der Waals surface area contributed by atoms with E-state index in [1.807, 2.05) is 12.1 Å². The number of benzene rings is 1. The molecular formula is C16H14ClF3N4O. The van der Waals surface area contributed by atoms with E-state index in [1.54, 1.807) is 29.2 Å². The molecule has 1 aromatic carbocycles. The summed E-state index contributed by atoms with van der Waals surface area (Å²) in [5, 5.41) is 8.91. The summed E-state index contributed by atoms with van der Waals surface area (Å²) in [5.74, 6) is -1.23. The van der Waals surface area contributed by atoms with Crippen LogP contribution in [0.5, 0.6) is 0 Å². The van der Waals surface area contributed by atoms with Crippen molar-refractivity contribution in [2.45, 2.75) is 6.18 Å². The van der Waals surface area contributed by atoms with Crippen molar-refractivity contribution in [3.63, 3.8) is 0 Å². The zero-order chi connectivity index (χ0) is 18.0. The highest BCUT2D eigenvalue weighted by molar-refractivity contribution is 6.30. The predicted molar refractivity (Wildman–Crippen MR) is 87.3 cm³/mol. The van der Waals surface area contributed by atoms with Gasteiger partial charge in [0.2, 0.25) is 0 Å². The number of nitrogens with zero attached hydrogens (tertiary/aromatic N) is 4. The number of aromatic nitrogens is 2. The summed E-state index contributed by atoms with van der Waals surface area (Å²) in [6, 6.07) is 10.7. The van der Waals surface area contributed by atoms with Gasteiger partial charge < -0.3 is 9.80 Å². The molecule has 25 heavy (non-hydrogen) atoms. The maximum absolute atomic E-state index is 12.4. The van der Waals surface area contributed by atoms with Gasteiger partial charge in [0, 0.05) is 36.8 Å². The van der Waals surface area contributed by atoms with Crippen molar-refractivity contribution in [2.24, 2.45) is 0 Å². The summed E-state index contributed by atoms with van der Waals surface area (Å²) in [6.07, 6.45) is -4.83. The Bertz CT molecular complexity index is 741. The van der Waals surface area contributed by atoms with Gasteiger partial charge in [-0.3, -0.25) is 4.79 Å². The molecule has 5 nitrogen and oxygen atoms in total. The fraction of sp³-hybridized carbons (Fsp3) is 0.312. The monoisotopic (exact) mass is 370 g/mol. The molecule has 0 saturated carbocycles. The number of piperazine rings is 1. The number of hydrogen-bond acceptors (Lipinski definition) is 4. The largest absolute Gasteiger partial charge is 0.471 e. The minimum Gasteiger partial charge on any atom is -0.352 e. The van der Waals surface area contributed by atoms with Crippen molar-refractivity contribution < 1.29 is 18.0 Å². The molecule has 9 heteroatoms. The Morgan fingerprint density at radius 1 is 0.960 bits per heavy atom. The van der Waals surface area contributed by atoms with Crippen molar-refractivity contribution in [3.05, 3.63) is 41.4 Å². The third kappa shape index (κ3) is 4.01. The van der Waals surface area contributed by atoms with Gasteiger partial charge in [-0.1, -0.05) is 23.7 Å². The Hall–Kier alpha value is -2.35. The van der Waals surface area contributed by atoms with Crippen molar-refractivity contribution in [1.29, 1.82) is 0 Å². The standard InChI is InChI=1S/C16H14ClF3N4O/c17-12-3-1-11(2-4-12)13-5-6-14(22-21-13)23-7-9-24(10-8-23)15(25)16(18,19)20/h1-6H,7-10H2. The van der Waals surface area contributed by atoms with Crippen molar-refractivity contribution >= 4 is 23.3 Å². The molecule has 0 N–H and O–H groups in total. The van der Waals surface area contributed by atoms with Crippen LogP contribution < -0.4 is 4.90 Å². The van der Waals surface area contributed by atoms with Crippen molar-refractivity contribution in [3.8, 4) is 11.3 Å². The van der Waals surface area contributed by atoms with E-state index in [0.717, 1.165) is 10.5 Å². The molecule has 1 fully saturated rings. The number of rotatable bonds is 2. The third-order valence-electron chi connectivity index (χ3n) is 3.92. The first kappa shape index (κ1) is 17.5. The van der Waals surface area contributed by atoms with Crippen LogP contribution in [0.3, 0.4) is 0 Å². The second-order valence-electron chi connectivity index (χ2n) is 5.56. The molecule has 1 saturated heterocycles. The smallest absolute Gasteiger partial charge is 0.352 e. The van der Waals surface area contributed by atoms with Gasteiger partial charge >= 0.3 is 12.1 Å². The molecule has 2 heterocycles. The maximum Gasteiger partial charge on any atom is 0.471 e. The molecular weight excluding hydrogens is 357 g/mol. The van der Waals surface area contributed by atoms with E-state index in [1.165, 1.54) is 0 Å². The van der Waals surface area contributed by atoms with Crippen LogP contribution in [0.4, 0.5) is 19.0 Å². The second kappa shape index (κ2) is 6.87. The molecule has 132 valence electrons. The van der Waals surface area contributed by atoms with Crippen LogP contribution in [0.15, 0.2) is 36.4 Å². The molecule has 1 aliphatic heterocycles. The second-order valence-corrected chi connectivity index (χ2v) is 6.00. The third-order valence-corrected chi connectivity index (χ3v) is 4.18. The average Bonchev–Trinajstić information content (AvgIpc) is 2.61. The summed E-state index contributed by atoms with van der Waals surface area (Å²) < 4.78 is 37.3. The maximum atomic E-state index is 12.4. The Labute approximate surface area is 147 Å². The predicted octanol–water partition coefficient (Wildman–Crippen LogP) is 3.01. The Morgan fingerprint density at radius 3 is 2.12 bits per heavy atom. The molecule has 0 atom stereocenters. The fourth-order valence-corrected chi connectivity index (χ4v) is 2.71. The van der Waals surface area contributed by atoms with Crippen LogP contribution in [0, 0.1) is 0 Å². The molecule has 0 unspecified atom stereocenters. The molecule has 0 bridgehead atoms. The van der Waals surface area contributed by atoms with E-state index >= 15 is 0 Å². The molecule has 1 amide bonds. The molecule has 3 rings (SSSR count). The highest BCUT2D eigenvalue weighted by Crippen LogP contribution is 2.23. The van der Waals surface area contributed by atoms with Gasteiger partial charge in [-0.25, -0.2) is 0 Å². The van der Waals surface area contributed by atoms with Crippen LogP contribution >= 0.6 is 11.6 Å². The Balaban J connectivity index is 1.64. The van der Waals surface area contributed by atoms with E-state index < -0.39 is 12.1 Å². The molecule has 0 spiro atoms. The number of carbonyl (C=O) groups excluding carboxylic acids is 1. The van der Waals surface area contributed by atoms with Crippen LogP contribution in [0.25, 0.3) is 11.3 Å². The summed E-state index contributed by atoms with van der Waals surface area (Å²) >= 11 is 5.85. The van der Waals surface area contributed by atoms with E-state index in [9.17, 15) is 18.0 Å². The van der Waals surface area contributed by atoms with Crippen LogP contribution in [-0.4, -0.2) is 53.4 Å². The van der Waals surface area contributed by atoms with Gasteiger partial charge in [0.1, 0.15) is 0 Å². The lowest BCUT2D eigenvalue weighted by Crippen LogP contribution is -2.52. The van der Waals surface area contributed by atoms with Crippen LogP contribution in [-0.2, 0) is 4.79 Å². The van der Waals surface area contributed by atoms with Crippen LogP contribution in [0.2, 0.25) is 5.02 Å². The van der Waals surface area contributed by atoms with E-state index in [-0.39, 0.29) is 26.2 Å². The topological polar surface area (TPSA) is 49.3 Å². The minimum atomic E-state index is -4.83. The van der Waals surface area contributed by atoms with Gasteiger partial charge in [0.25, 0.3) is 0 Å². The number of amides is 1. The van der Waals surface area contributed by atoms with Gasteiger partial charge in [-0.15, -0.1) is 10.2 Å². The Kier molecular flexibility index (Phi) is 4.80. The number of anilines is 1.